The van der Waals surface area contributed by atoms with E-state index in [9.17, 15) is 4.79 Å². The molecule has 6 bridgehead atoms. The molecule has 0 aliphatic carbocycles. The number of carbonyl (C=O) groups excluding carboxylic acids is 1. The van der Waals surface area contributed by atoms with Crippen molar-refractivity contribution in [2.45, 2.75) is 25.8 Å². The first-order valence-corrected chi connectivity index (χ1v) is 14.0. The first-order chi connectivity index (χ1) is 19.6. The van der Waals surface area contributed by atoms with Gasteiger partial charge in [-0.2, -0.15) is 0 Å². The second-order valence-electron chi connectivity index (χ2n) is 10.5. The summed E-state index contributed by atoms with van der Waals surface area (Å²) in [6, 6.07) is 16.4. The summed E-state index contributed by atoms with van der Waals surface area (Å²) in [6.45, 7) is 8.27. The Hall–Kier alpha value is -4.17. The number of piperidine rings is 1. The van der Waals surface area contributed by atoms with Gasteiger partial charge < -0.3 is 20.3 Å². The molecule has 2 N–H and O–H groups in total. The summed E-state index contributed by atoms with van der Waals surface area (Å²) in [7, 11) is 2.12. The number of likely N-dealkylation sites (tertiary alicyclic amines) is 1. The van der Waals surface area contributed by atoms with Crippen molar-refractivity contribution in [2.24, 2.45) is 5.92 Å². The van der Waals surface area contributed by atoms with Crippen LogP contribution in [0.5, 0.6) is 5.75 Å². The van der Waals surface area contributed by atoms with Gasteiger partial charge in [0.1, 0.15) is 5.75 Å². The predicted octanol–water partition coefficient (Wildman–Crippen LogP) is 5.49. The molecule has 5 rings (SSSR count). The van der Waals surface area contributed by atoms with E-state index in [2.05, 4.69) is 64.5 Å². The highest BCUT2D eigenvalue weighted by Gasteiger charge is 2.22. The number of nitrogens with one attached hydrogen (secondary N) is 2. The molecule has 0 spiro atoms. The van der Waals surface area contributed by atoms with Crippen LogP contribution < -0.4 is 15.4 Å². The van der Waals surface area contributed by atoms with Gasteiger partial charge in [0.25, 0.3) is 0 Å². The van der Waals surface area contributed by atoms with E-state index in [1.165, 1.54) is 11.6 Å². The Morgan fingerprint density at radius 3 is 3.05 bits per heavy atom. The maximum absolute atomic E-state index is 12.1. The average Bonchev–Trinajstić information content (AvgIpc) is 2.97. The Labute approximate surface area is 236 Å². The van der Waals surface area contributed by atoms with Crippen LogP contribution in [-0.4, -0.2) is 65.5 Å². The minimum Gasteiger partial charge on any atom is -0.493 e. The number of aromatic nitrogens is 2. The van der Waals surface area contributed by atoms with Gasteiger partial charge in [-0.25, -0.2) is 9.97 Å². The molecule has 1 amide bonds. The van der Waals surface area contributed by atoms with Crippen LogP contribution in [0.25, 0.3) is 11.3 Å². The highest BCUT2D eigenvalue weighted by molar-refractivity contribution is 5.87. The number of hydrogen-bond donors (Lipinski definition) is 2. The third-order valence-corrected chi connectivity index (χ3v) is 7.22. The Balaban J connectivity index is 1.39. The van der Waals surface area contributed by atoms with Crippen molar-refractivity contribution in [2.75, 3.05) is 50.5 Å². The van der Waals surface area contributed by atoms with Crippen LogP contribution in [0.4, 0.5) is 17.3 Å². The summed E-state index contributed by atoms with van der Waals surface area (Å²) >= 11 is 0. The molecule has 208 valence electrons. The molecule has 3 aromatic rings. The monoisotopic (exact) mass is 538 g/mol. The molecule has 3 heterocycles. The second-order valence-corrected chi connectivity index (χ2v) is 10.5. The number of nitrogens with zero attached hydrogens (tertiary/aromatic N) is 4. The van der Waals surface area contributed by atoms with Crippen molar-refractivity contribution in [3.63, 3.8) is 0 Å². The van der Waals surface area contributed by atoms with Crippen LogP contribution in [0.2, 0.25) is 0 Å². The zero-order valence-electron chi connectivity index (χ0n) is 23.2. The molecule has 40 heavy (non-hydrogen) atoms. The molecule has 2 aromatic carbocycles. The standard InChI is InChI=1S/C32H38N6O2/c1-3-31(39)38-15-8-9-24(23-38)21-34-27-17-25-18-28(20-27)35-32-33-13-12-30(36-32)26-10-7-11-29(19-26)40-16-6-4-5-14-37(2)22-25/h3-5,7,10-13,17-20,24,34H,1,6,8-9,14-16,21-23H2,2H3,(H,33,35,36)/b5-4+. The Morgan fingerprint density at radius 2 is 2.15 bits per heavy atom. The maximum Gasteiger partial charge on any atom is 0.245 e. The Bertz CT molecular complexity index is 1360. The lowest BCUT2D eigenvalue weighted by Gasteiger charge is -2.32. The highest BCUT2D eigenvalue weighted by Crippen LogP contribution is 2.27. The number of likely N-dealkylation sites (N-methyl/N-ethyl adjacent to an activating group) is 1. The second kappa shape index (κ2) is 13.3. The third kappa shape index (κ3) is 7.48. The number of ether oxygens (including phenoxy) is 1. The third-order valence-electron chi connectivity index (χ3n) is 7.22. The summed E-state index contributed by atoms with van der Waals surface area (Å²) in [6.07, 6.45) is 10.5. The maximum atomic E-state index is 12.1. The largest absolute Gasteiger partial charge is 0.493 e. The molecule has 0 saturated carbocycles. The van der Waals surface area contributed by atoms with Crippen LogP contribution in [0.3, 0.4) is 0 Å². The van der Waals surface area contributed by atoms with Gasteiger partial charge in [0.15, 0.2) is 0 Å². The zero-order chi connectivity index (χ0) is 27.7. The van der Waals surface area contributed by atoms with Crippen LogP contribution in [0, 0.1) is 5.92 Å². The van der Waals surface area contributed by atoms with Crippen molar-refractivity contribution in [1.29, 1.82) is 0 Å². The first kappa shape index (κ1) is 27.4. The lowest BCUT2D eigenvalue weighted by Crippen LogP contribution is -2.41. The van der Waals surface area contributed by atoms with Gasteiger partial charge >= 0.3 is 0 Å². The van der Waals surface area contributed by atoms with Crippen LogP contribution >= 0.6 is 0 Å². The Kier molecular flexibility index (Phi) is 9.08. The summed E-state index contributed by atoms with van der Waals surface area (Å²) in [4.78, 5) is 25.6. The molecular weight excluding hydrogens is 500 g/mol. The molecule has 1 aromatic heterocycles. The smallest absolute Gasteiger partial charge is 0.245 e. The van der Waals surface area contributed by atoms with E-state index < -0.39 is 0 Å². The lowest BCUT2D eigenvalue weighted by atomic mass is 9.97. The van der Waals surface area contributed by atoms with Crippen molar-refractivity contribution in [3.05, 3.63) is 85.1 Å². The van der Waals surface area contributed by atoms with E-state index in [4.69, 9.17) is 9.72 Å². The van der Waals surface area contributed by atoms with Gasteiger partial charge in [-0.15, -0.1) is 0 Å². The lowest BCUT2D eigenvalue weighted by molar-refractivity contribution is -0.127. The summed E-state index contributed by atoms with van der Waals surface area (Å²) in [5.74, 6) is 1.78. The van der Waals surface area contributed by atoms with Gasteiger partial charge in [-0.3, -0.25) is 9.69 Å². The van der Waals surface area contributed by atoms with Crippen molar-refractivity contribution < 1.29 is 9.53 Å². The number of carbonyl (C=O) groups is 1. The minimum atomic E-state index is 0.0164. The fourth-order valence-electron chi connectivity index (χ4n) is 5.23. The molecule has 1 unspecified atom stereocenters. The van der Waals surface area contributed by atoms with E-state index in [1.54, 1.807) is 6.20 Å². The van der Waals surface area contributed by atoms with Gasteiger partial charge in [-0.05, 0) is 80.3 Å². The van der Waals surface area contributed by atoms with E-state index in [0.717, 1.165) is 80.4 Å². The molecule has 1 saturated heterocycles. The predicted molar refractivity (Wildman–Crippen MR) is 161 cm³/mol. The van der Waals surface area contributed by atoms with Crippen LogP contribution in [0.15, 0.2) is 79.5 Å². The minimum absolute atomic E-state index is 0.0164. The van der Waals surface area contributed by atoms with Gasteiger partial charge in [0.2, 0.25) is 11.9 Å². The molecule has 2 aliphatic heterocycles. The van der Waals surface area contributed by atoms with Gasteiger partial charge in [0.05, 0.1) is 12.3 Å². The quantitative estimate of drug-likeness (QED) is 0.336. The number of hydrogen-bond acceptors (Lipinski definition) is 7. The molecular formula is C32H38N6O2. The van der Waals surface area contributed by atoms with Gasteiger partial charge in [0, 0.05) is 55.9 Å². The highest BCUT2D eigenvalue weighted by atomic mass is 16.5. The summed E-state index contributed by atoms with van der Waals surface area (Å²) in [5, 5.41) is 7.07. The molecule has 1 fully saturated rings. The number of rotatable bonds is 4. The van der Waals surface area contributed by atoms with Crippen molar-refractivity contribution in [3.8, 4) is 17.0 Å². The number of benzene rings is 2. The fourth-order valence-corrected chi connectivity index (χ4v) is 5.23. The van der Waals surface area contributed by atoms with Crippen LogP contribution in [0.1, 0.15) is 24.8 Å². The molecule has 1 atom stereocenters. The molecule has 8 heteroatoms. The number of anilines is 3. The Morgan fingerprint density at radius 1 is 1.23 bits per heavy atom. The molecule has 0 radical (unpaired) electrons. The topological polar surface area (TPSA) is 82.6 Å². The fraction of sp³-hybridized carbons (Fsp3) is 0.344. The van der Waals surface area contributed by atoms with Gasteiger partial charge in [-0.1, -0.05) is 30.9 Å². The average molecular weight is 539 g/mol. The zero-order valence-corrected chi connectivity index (χ0v) is 23.2. The molecule has 8 nitrogen and oxygen atoms in total. The van der Waals surface area contributed by atoms with E-state index in [1.807, 2.05) is 35.2 Å². The number of amides is 1. The normalized spacial score (nSPS) is 18.8. The number of fused-ring (bicyclic) bond motifs is 7. The summed E-state index contributed by atoms with van der Waals surface area (Å²) < 4.78 is 5.97. The van der Waals surface area contributed by atoms with Crippen molar-refractivity contribution >= 4 is 23.2 Å². The van der Waals surface area contributed by atoms with Crippen LogP contribution in [-0.2, 0) is 11.3 Å². The van der Waals surface area contributed by atoms with E-state index in [0.29, 0.717) is 18.5 Å². The SMILES string of the molecule is C=CC(=O)N1CCCC(CNc2cc3cc(c2)Nc2nccc(n2)-c2cccc(c2)OCC/C=C/CN(C)C3)C1. The molecule has 2 aliphatic rings. The van der Waals surface area contributed by atoms with Crippen molar-refractivity contribution in [1.82, 2.24) is 19.8 Å². The summed E-state index contributed by atoms with van der Waals surface area (Å²) in [5.41, 5.74) is 4.95. The first-order valence-electron chi connectivity index (χ1n) is 14.0. The van der Waals surface area contributed by atoms with E-state index in [-0.39, 0.29) is 5.91 Å². The van der Waals surface area contributed by atoms with E-state index >= 15 is 0 Å².